The van der Waals surface area contributed by atoms with Crippen LogP contribution in [0.4, 0.5) is 5.69 Å². The lowest BCUT2D eigenvalue weighted by Crippen LogP contribution is -2.38. The fourth-order valence-corrected chi connectivity index (χ4v) is 7.21. The van der Waals surface area contributed by atoms with Crippen LogP contribution >= 0.6 is 11.3 Å². The Morgan fingerprint density at radius 1 is 1.18 bits per heavy atom. The highest BCUT2D eigenvalue weighted by Gasteiger charge is 2.39. The number of thiophene rings is 1. The molecule has 3 unspecified atom stereocenters. The van der Waals surface area contributed by atoms with Crippen molar-refractivity contribution in [3.8, 4) is 0 Å². The molecular formula is C22H26N2O2S2. The first-order chi connectivity index (χ1) is 13.5. The monoisotopic (exact) mass is 414 g/mol. The fourth-order valence-electron chi connectivity index (χ4n) is 4.86. The van der Waals surface area contributed by atoms with Gasteiger partial charge in [-0.1, -0.05) is 25.1 Å². The molecule has 1 saturated heterocycles. The van der Waals surface area contributed by atoms with Crippen LogP contribution in [0.3, 0.4) is 0 Å². The number of hydrogen-bond donors (Lipinski definition) is 1. The second kappa shape index (κ2) is 7.01. The highest BCUT2D eigenvalue weighted by atomic mass is 32.2. The number of sulfonamides is 1. The Morgan fingerprint density at radius 3 is 2.75 bits per heavy atom. The van der Waals surface area contributed by atoms with E-state index in [0.29, 0.717) is 35.9 Å². The molecule has 1 N–H and O–H groups in total. The van der Waals surface area contributed by atoms with E-state index in [-0.39, 0.29) is 5.92 Å². The average Bonchev–Trinajstić information content (AvgIpc) is 3.39. The minimum absolute atomic E-state index is 0.278. The number of nitrogens with zero attached hydrogens (tertiary/aromatic N) is 1. The summed E-state index contributed by atoms with van der Waals surface area (Å²) in [5, 5.41) is 5.82. The molecule has 0 bridgehead atoms. The Bertz CT molecular complexity index is 990. The summed E-state index contributed by atoms with van der Waals surface area (Å²) in [6.45, 7) is 3.46. The van der Waals surface area contributed by atoms with E-state index < -0.39 is 10.0 Å². The standard InChI is InChI=1S/C22H26N2O2S2/c1-15-9-11-24(12-10-15)28(25,26)16-7-8-20-19(14-16)17-4-2-5-18(17)22(23-20)21-6-3-13-27-21/h2-4,6-8,13-15,17-18,22-23H,5,9-12H2,1H3. The first-order valence-electron chi connectivity index (χ1n) is 10.1. The molecule has 6 heteroatoms. The molecule has 3 aliphatic rings. The van der Waals surface area contributed by atoms with E-state index in [0.717, 1.165) is 30.5 Å². The minimum atomic E-state index is -3.42. The number of piperidine rings is 1. The van der Waals surface area contributed by atoms with Gasteiger partial charge < -0.3 is 5.32 Å². The summed E-state index contributed by atoms with van der Waals surface area (Å²) >= 11 is 1.79. The molecule has 1 fully saturated rings. The zero-order chi connectivity index (χ0) is 19.3. The lowest BCUT2D eigenvalue weighted by Gasteiger charge is -2.37. The van der Waals surface area contributed by atoms with Crippen molar-refractivity contribution in [3.63, 3.8) is 0 Å². The summed E-state index contributed by atoms with van der Waals surface area (Å²) in [5.74, 6) is 1.33. The number of nitrogens with one attached hydrogen (secondary N) is 1. The Labute approximate surface area is 171 Å². The van der Waals surface area contributed by atoms with Crippen LogP contribution in [-0.4, -0.2) is 25.8 Å². The average molecular weight is 415 g/mol. The topological polar surface area (TPSA) is 49.4 Å². The molecule has 5 rings (SSSR count). The van der Waals surface area contributed by atoms with Crippen molar-refractivity contribution in [3.05, 3.63) is 58.3 Å². The molecule has 28 heavy (non-hydrogen) atoms. The summed E-state index contributed by atoms with van der Waals surface area (Å²) in [6.07, 6.45) is 7.44. The number of benzene rings is 1. The van der Waals surface area contributed by atoms with E-state index in [1.54, 1.807) is 21.7 Å². The lowest BCUT2D eigenvalue weighted by atomic mass is 9.79. The Hall–Kier alpha value is -1.63. The molecule has 148 valence electrons. The fraction of sp³-hybridized carbons (Fsp3) is 0.455. The van der Waals surface area contributed by atoms with E-state index in [9.17, 15) is 8.42 Å². The van der Waals surface area contributed by atoms with Crippen molar-refractivity contribution < 1.29 is 8.42 Å². The minimum Gasteiger partial charge on any atom is -0.377 e. The summed E-state index contributed by atoms with van der Waals surface area (Å²) < 4.78 is 28.1. The maximum absolute atomic E-state index is 13.2. The first-order valence-corrected chi connectivity index (χ1v) is 12.5. The first kappa shape index (κ1) is 18.4. The molecular weight excluding hydrogens is 388 g/mol. The number of hydrogen-bond acceptors (Lipinski definition) is 4. The number of rotatable bonds is 3. The van der Waals surface area contributed by atoms with Crippen molar-refractivity contribution in [2.45, 2.75) is 43.0 Å². The largest absolute Gasteiger partial charge is 0.377 e. The van der Waals surface area contributed by atoms with Crippen molar-refractivity contribution in [1.29, 1.82) is 0 Å². The second-order valence-corrected chi connectivity index (χ2v) is 11.2. The third kappa shape index (κ3) is 3.02. The van der Waals surface area contributed by atoms with Crippen LogP contribution in [0.1, 0.15) is 48.6 Å². The zero-order valence-electron chi connectivity index (χ0n) is 16.0. The predicted octanol–water partition coefficient (Wildman–Crippen LogP) is 5.00. The van der Waals surface area contributed by atoms with E-state index in [1.165, 1.54) is 4.88 Å². The predicted molar refractivity (Wildman–Crippen MR) is 114 cm³/mol. The van der Waals surface area contributed by atoms with Gasteiger partial charge in [0.2, 0.25) is 10.0 Å². The summed E-state index contributed by atoms with van der Waals surface area (Å²) in [6, 6.07) is 10.3. The summed E-state index contributed by atoms with van der Waals surface area (Å²) in [4.78, 5) is 1.79. The SMILES string of the molecule is CC1CCN(S(=O)(=O)c2ccc3c(c2)C2C=CCC2C(c2cccs2)N3)CC1. The summed E-state index contributed by atoms with van der Waals surface area (Å²) in [5.41, 5.74) is 2.19. The van der Waals surface area contributed by atoms with Gasteiger partial charge in [-0.05, 0) is 66.3 Å². The molecule has 3 heterocycles. The van der Waals surface area contributed by atoms with Crippen molar-refractivity contribution in [2.24, 2.45) is 11.8 Å². The molecule has 4 nitrogen and oxygen atoms in total. The van der Waals surface area contributed by atoms with Crippen LogP contribution in [0.2, 0.25) is 0 Å². The highest BCUT2D eigenvalue weighted by Crippen LogP contribution is 2.50. The third-order valence-corrected chi connectivity index (χ3v) is 9.41. The summed E-state index contributed by atoms with van der Waals surface area (Å²) in [7, 11) is -3.42. The molecule has 0 spiro atoms. The van der Waals surface area contributed by atoms with Crippen LogP contribution < -0.4 is 5.32 Å². The molecule has 0 radical (unpaired) electrons. The molecule has 1 aromatic carbocycles. The lowest BCUT2D eigenvalue weighted by molar-refractivity contribution is 0.288. The zero-order valence-corrected chi connectivity index (χ0v) is 17.7. The van der Waals surface area contributed by atoms with Crippen molar-refractivity contribution >= 4 is 27.0 Å². The number of allylic oxidation sites excluding steroid dienone is 2. The van der Waals surface area contributed by atoms with Gasteiger partial charge in [0.15, 0.2) is 0 Å². The van der Waals surface area contributed by atoms with Crippen LogP contribution in [0.15, 0.2) is 52.8 Å². The van der Waals surface area contributed by atoms with E-state index >= 15 is 0 Å². The smallest absolute Gasteiger partial charge is 0.243 e. The number of fused-ring (bicyclic) bond motifs is 3. The molecule has 2 aromatic rings. The van der Waals surface area contributed by atoms with Gasteiger partial charge in [-0.15, -0.1) is 11.3 Å². The van der Waals surface area contributed by atoms with Crippen molar-refractivity contribution in [2.75, 3.05) is 18.4 Å². The van der Waals surface area contributed by atoms with Gasteiger partial charge in [0.05, 0.1) is 10.9 Å². The van der Waals surface area contributed by atoms with Crippen LogP contribution in [0.25, 0.3) is 0 Å². The molecule has 1 aliphatic carbocycles. The second-order valence-electron chi connectivity index (χ2n) is 8.33. The molecule has 0 amide bonds. The van der Waals surface area contributed by atoms with Gasteiger partial charge in [-0.25, -0.2) is 8.42 Å². The quantitative estimate of drug-likeness (QED) is 0.720. The highest BCUT2D eigenvalue weighted by molar-refractivity contribution is 7.89. The maximum atomic E-state index is 13.2. The van der Waals surface area contributed by atoms with E-state index in [2.05, 4.69) is 41.9 Å². The number of anilines is 1. The molecule has 3 atom stereocenters. The van der Waals surface area contributed by atoms with Crippen LogP contribution in [0.5, 0.6) is 0 Å². The van der Waals surface area contributed by atoms with E-state index in [4.69, 9.17) is 0 Å². The molecule has 2 aliphatic heterocycles. The maximum Gasteiger partial charge on any atom is 0.243 e. The van der Waals surface area contributed by atoms with Crippen LogP contribution in [0, 0.1) is 11.8 Å². The van der Waals surface area contributed by atoms with Gasteiger partial charge in [-0.3, -0.25) is 0 Å². The van der Waals surface area contributed by atoms with Gasteiger partial charge in [0, 0.05) is 29.6 Å². The Kier molecular flexibility index (Phi) is 4.61. The Balaban J connectivity index is 1.49. The van der Waals surface area contributed by atoms with E-state index in [1.807, 2.05) is 12.1 Å². The van der Waals surface area contributed by atoms with Crippen LogP contribution in [-0.2, 0) is 10.0 Å². The normalized spacial score (nSPS) is 28.0. The van der Waals surface area contributed by atoms with Gasteiger partial charge in [-0.2, -0.15) is 4.31 Å². The Morgan fingerprint density at radius 2 is 2.00 bits per heavy atom. The van der Waals surface area contributed by atoms with Crippen molar-refractivity contribution in [1.82, 2.24) is 4.31 Å². The molecule has 0 saturated carbocycles. The van der Waals surface area contributed by atoms with Gasteiger partial charge >= 0.3 is 0 Å². The molecule has 1 aromatic heterocycles. The van der Waals surface area contributed by atoms with Gasteiger partial charge in [0.1, 0.15) is 0 Å². The third-order valence-electron chi connectivity index (χ3n) is 6.56. The van der Waals surface area contributed by atoms with Gasteiger partial charge in [0.25, 0.3) is 0 Å².